The van der Waals surface area contributed by atoms with Crippen molar-refractivity contribution in [2.24, 2.45) is 0 Å². The quantitative estimate of drug-likeness (QED) is 0.470. The van der Waals surface area contributed by atoms with E-state index >= 15 is 0 Å². The van der Waals surface area contributed by atoms with Crippen LogP contribution in [0.15, 0.2) is 103 Å². The second-order valence-electron chi connectivity index (χ2n) is 6.60. The maximum atomic E-state index is 4.54. The molecule has 130 valence electrons. The number of anilines is 2. The van der Waals surface area contributed by atoms with Gasteiger partial charge in [0.05, 0.1) is 17.6 Å². The van der Waals surface area contributed by atoms with Gasteiger partial charge >= 0.3 is 0 Å². The first-order chi connectivity index (χ1) is 13.4. The Hall–Kier alpha value is -3.59. The fourth-order valence-corrected chi connectivity index (χ4v) is 3.60. The van der Waals surface area contributed by atoms with Gasteiger partial charge in [0, 0.05) is 23.1 Å². The highest BCUT2D eigenvalue weighted by Crippen LogP contribution is 2.36. The van der Waals surface area contributed by atoms with E-state index in [9.17, 15) is 0 Å². The smallest absolute Gasteiger partial charge is 0.0741 e. The van der Waals surface area contributed by atoms with Gasteiger partial charge in [-0.1, -0.05) is 54.6 Å². The van der Waals surface area contributed by atoms with Crippen LogP contribution in [-0.2, 0) is 6.42 Å². The molecule has 0 aliphatic carbocycles. The normalized spacial score (nSPS) is 12.8. The summed E-state index contributed by atoms with van der Waals surface area (Å²) in [7, 11) is 0. The van der Waals surface area contributed by atoms with Gasteiger partial charge in [-0.25, -0.2) is 4.68 Å². The molecule has 0 atom stereocenters. The number of nitrogens with zero attached hydrogens (tertiary/aromatic N) is 3. The number of aromatic nitrogens is 2. The van der Waals surface area contributed by atoms with Crippen molar-refractivity contribution in [2.45, 2.75) is 6.42 Å². The summed E-state index contributed by atoms with van der Waals surface area (Å²) in [6.07, 6.45) is 7.19. The van der Waals surface area contributed by atoms with Crippen molar-refractivity contribution >= 4 is 11.4 Å². The first-order valence-corrected chi connectivity index (χ1v) is 9.14. The highest BCUT2D eigenvalue weighted by atomic mass is 15.3. The summed E-state index contributed by atoms with van der Waals surface area (Å²) in [6.45, 7) is 0. The van der Waals surface area contributed by atoms with Crippen molar-refractivity contribution in [3.05, 3.63) is 109 Å². The van der Waals surface area contributed by atoms with E-state index in [4.69, 9.17) is 0 Å². The minimum Gasteiger partial charge on any atom is -0.317 e. The third kappa shape index (κ3) is 2.83. The number of benzene rings is 3. The Labute approximate surface area is 158 Å². The van der Waals surface area contributed by atoms with Crippen LogP contribution in [0.2, 0.25) is 0 Å². The molecule has 0 bridgehead atoms. The van der Waals surface area contributed by atoms with E-state index < -0.39 is 0 Å². The van der Waals surface area contributed by atoms with Crippen molar-refractivity contribution in [3.8, 4) is 16.9 Å². The number of hydrogen-bond donors (Lipinski definition) is 0. The highest BCUT2D eigenvalue weighted by Gasteiger charge is 2.17. The van der Waals surface area contributed by atoms with Gasteiger partial charge in [-0.3, -0.25) is 0 Å². The fraction of sp³-hybridized carbons (Fsp3) is 0.0417. The van der Waals surface area contributed by atoms with Crippen molar-refractivity contribution in [1.82, 2.24) is 9.78 Å². The molecule has 3 aromatic carbocycles. The maximum absolute atomic E-state index is 4.54. The molecule has 3 nitrogen and oxygen atoms in total. The molecular formula is C24H19N3. The van der Waals surface area contributed by atoms with Gasteiger partial charge in [0.1, 0.15) is 0 Å². The van der Waals surface area contributed by atoms with Crippen LogP contribution in [-0.4, -0.2) is 9.78 Å². The molecule has 0 N–H and O–H groups in total. The number of hydrogen-bond acceptors (Lipinski definition) is 2. The molecule has 3 heteroatoms. The van der Waals surface area contributed by atoms with Gasteiger partial charge < -0.3 is 4.90 Å². The van der Waals surface area contributed by atoms with Crippen LogP contribution in [0.25, 0.3) is 16.9 Å². The fourth-order valence-electron chi connectivity index (χ4n) is 3.60. The van der Waals surface area contributed by atoms with Gasteiger partial charge in [0.15, 0.2) is 0 Å². The molecule has 0 radical (unpaired) electrons. The van der Waals surface area contributed by atoms with Gasteiger partial charge in [-0.15, -0.1) is 0 Å². The number of fused-ring (bicyclic) bond motifs is 1. The minimum absolute atomic E-state index is 0.955. The first kappa shape index (κ1) is 15.6. The predicted molar refractivity (Wildman–Crippen MR) is 110 cm³/mol. The summed E-state index contributed by atoms with van der Waals surface area (Å²) in [4.78, 5) is 2.26. The molecule has 1 aliphatic rings. The van der Waals surface area contributed by atoms with Crippen molar-refractivity contribution in [2.75, 3.05) is 4.90 Å². The van der Waals surface area contributed by atoms with Gasteiger partial charge in [0.2, 0.25) is 0 Å². The summed E-state index contributed by atoms with van der Waals surface area (Å²) in [5, 5.41) is 4.54. The lowest BCUT2D eigenvalue weighted by atomic mass is 10.0. The van der Waals surface area contributed by atoms with Crippen LogP contribution in [0.1, 0.15) is 5.56 Å². The topological polar surface area (TPSA) is 21.1 Å². The Morgan fingerprint density at radius 2 is 1.48 bits per heavy atom. The van der Waals surface area contributed by atoms with Crippen molar-refractivity contribution < 1.29 is 0 Å². The molecule has 1 aliphatic heterocycles. The second kappa shape index (κ2) is 6.61. The highest BCUT2D eigenvalue weighted by molar-refractivity contribution is 5.76. The zero-order valence-electron chi connectivity index (χ0n) is 14.9. The van der Waals surface area contributed by atoms with Gasteiger partial charge in [-0.2, -0.15) is 5.10 Å². The Morgan fingerprint density at radius 1 is 0.741 bits per heavy atom. The molecular weight excluding hydrogens is 330 g/mol. The van der Waals surface area contributed by atoms with E-state index in [1.807, 2.05) is 35.1 Å². The zero-order chi connectivity index (χ0) is 18.1. The molecule has 1 aromatic heterocycles. The third-order valence-electron chi connectivity index (χ3n) is 4.91. The molecule has 2 heterocycles. The van der Waals surface area contributed by atoms with E-state index in [1.165, 1.54) is 16.9 Å². The summed E-state index contributed by atoms with van der Waals surface area (Å²) in [6, 6.07) is 29.5. The number of allylic oxidation sites excluding steroid dienone is 1. The lowest BCUT2D eigenvalue weighted by Gasteiger charge is -2.27. The number of rotatable bonds is 3. The molecule has 0 spiro atoms. The van der Waals surface area contributed by atoms with Crippen LogP contribution in [0, 0.1) is 0 Å². The van der Waals surface area contributed by atoms with E-state index in [0.717, 1.165) is 23.4 Å². The van der Waals surface area contributed by atoms with Gasteiger partial charge in [0.25, 0.3) is 0 Å². The maximum Gasteiger partial charge on any atom is 0.0741 e. The van der Waals surface area contributed by atoms with Crippen LogP contribution < -0.4 is 4.90 Å². The average Bonchev–Trinajstić information content (AvgIpc) is 3.24. The molecule has 27 heavy (non-hydrogen) atoms. The average molecular weight is 349 g/mol. The van der Waals surface area contributed by atoms with Crippen LogP contribution in [0.5, 0.6) is 0 Å². The molecule has 4 aromatic rings. The first-order valence-electron chi connectivity index (χ1n) is 9.14. The minimum atomic E-state index is 0.955. The number of para-hydroxylation sites is 2. The Kier molecular flexibility index (Phi) is 3.83. The summed E-state index contributed by atoms with van der Waals surface area (Å²) in [5.41, 5.74) is 7.04. The van der Waals surface area contributed by atoms with E-state index in [1.54, 1.807) is 0 Å². The van der Waals surface area contributed by atoms with E-state index in [-0.39, 0.29) is 0 Å². The summed E-state index contributed by atoms with van der Waals surface area (Å²) >= 11 is 0. The summed E-state index contributed by atoms with van der Waals surface area (Å²) < 4.78 is 1.99. The van der Waals surface area contributed by atoms with Crippen LogP contribution in [0.4, 0.5) is 11.4 Å². The van der Waals surface area contributed by atoms with Crippen LogP contribution >= 0.6 is 0 Å². The zero-order valence-corrected chi connectivity index (χ0v) is 14.9. The molecule has 0 unspecified atom stereocenters. The third-order valence-corrected chi connectivity index (χ3v) is 4.91. The standard InChI is InChI=1S/C24H19N3/c1-3-9-21(10-4-1)26-17-7-8-19-13-14-20(18-24(19)26)23-15-16-25-27(23)22-11-5-2-6-12-22/h1-7,9-18H,8H2. The summed E-state index contributed by atoms with van der Waals surface area (Å²) in [5.74, 6) is 0. The molecule has 0 saturated heterocycles. The molecule has 0 fully saturated rings. The predicted octanol–water partition coefficient (Wildman–Crippen LogP) is 5.75. The molecule has 0 amide bonds. The second-order valence-corrected chi connectivity index (χ2v) is 6.60. The van der Waals surface area contributed by atoms with Crippen LogP contribution in [0.3, 0.4) is 0 Å². The Balaban J connectivity index is 1.61. The SMILES string of the molecule is C1=CN(c2ccccc2)c2cc(-c3ccnn3-c3ccccc3)ccc2C1. The van der Waals surface area contributed by atoms with E-state index in [2.05, 4.69) is 82.9 Å². The largest absolute Gasteiger partial charge is 0.317 e. The lowest BCUT2D eigenvalue weighted by Crippen LogP contribution is -2.14. The Bertz CT molecular complexity index is 1090. The van der Waals surface area contributed by atoms with Crippen molar-refractivity contribution in [1.29, 1.82) is 0 Å². The molecule has 5 rings (SSSR count). The van der Waals surface area contributed by atoms with Gasteiger partial charge in [-0.05, 0) is 48.4 Å². The molecule has 0 saturated carbocycles. The van der Waals surface area contributed by atoms with E-state index in [0.29, 0.717) is 0 Å². The van der Waals surface area contributed by atoms with Crippen molar-refractivity contribution in [3.63, 3.8) is 0 Å². The Morgan fingerprint density at radius 3 is 2.26 bits per heavy atom. The lowest BCUT2D eigenvalue weighted by molar-refractivity contribution is 0.888. The monoisotopic (exact) mass is 349 g/mol.